The van der Waals surface area contributed by atoms with Crippen molar-refractivity contribution in [2.45, 2.75) is 38.1 Å². The minimum Gasteiger partial charge on any atom is -0.355 e. The molecule has 3 heterocycles. The number of hydrogen-bond donors (Lipinski definition) is 1. The number of hydrogen-bond acceptors (Lipinski definition) is 5. The van der Waals surface area contributed by atoms with Crippen LogP contribution in [0.1, 0.15) is 38.1 Å². The van der Waals surface area contributed by atoms with Crippen molar-refractivity contribution in [3.8, 4) is 0 Å². The van der Waals surface area contributed by atoms with E-state index in [4.69, 9.17) is 4.98 Å². The maximum absolute atomic E-state index is 13.2. The molecule has 0 saturated heterocycles. The lowest BCUT2D eigenvalue weighted by molar-refractivity contribution is 0.345. The molecule has 1 aliphatic carbocycles. The first-order chi connectivity index (χ1) is 13.3. The van der Waals surface area contributed by atoms with Crippen LogP contribution < -0.4 is 10.9 Å². The number of para-hydroxylation sites is 1. The number of benzene rings is 1. The molecule has 0 amide bonds. The second-order valence-corrected chi connectivity index (χ2v) is 8.06. The molecule has 1 aromatic carbocycles. The third-order valence-electron chi connectivity index (χ3n) is 5.33. The van der Waals surface area contributed by atoms with Crippen molar-refractivity contribution in [2.24, 2.45) is 0 Å². The van der Waals surface area contributed by atoms with Gasteiger partial charge < -0.3 is 5.32 Å². The van der Waals surface area contributed by atoms with E-state index in [1.165, 1.54) is 30.6 Å². The van der Waals surface area contributed by atoms with Crippen LogP contribution in [-0.4, -0.2) is 14.5 Å². The predicted octanol–water partition coefficient (Wildman–Crippen LogP) is 5.26. The van der Waals surface area contributed by atoms with E-state index in [1.54, 1.807) is 12.5 Å². The Balaban J connectivity index is 1.65. The Labute approximate surface area is 160 Å². The smallest absolute Gasteiger partial charge is 0.271 e. The Kier molecular flexibility index (Phi) is 4.13. The Morgan fingerprint density at radius 3 is 2.67 bits per heavy atom. The van der Waals surface area contributed by atoms with Gasteiger partial charge in [-0.1, -0.05) is 37.5 Å². The van der Waals surface area contributed by atoms with E-state index < -0.39 is 0 Å². The highest BCUT2D eigenvalue weighted by atomic mass is 32.1. The number of thiophene rings is 1. The number of fused-ring (bicyclic) bond motifs is 3. The molecule has 0 spiro atoms. The Morgan fingerprint density at radius 2 is 1.85 bits per heavy atom. The summed E-state index contributed by atoms with van der Waals surface area (Å²) in [5.41, 5.74) is 2.75. The van der Waals surface area contributed by atoms with Gasteiger partial charge in [0, 0.05) is 17.9 Å². The molecule has 5 rings (SSSR count). The molecule has 0 radical (unpaired) electrons. The lowest BCUT2D eigenvalue weighted by atomic mass is 9.95. The fourth-order valence-corrected chi connectivity index (χ4v) is 5.03. The highest BCUT2D eigenvalue weighted by Gasteiger charge is 2.20. The summed E-state index contributed by atoms with van der Waals surface area (Å²) in [5, 5.41) is 4.37. The molecule has 1 fully saturated rings. The zero-order chi connectivity index (χ0) is 18.2. The molecule has 3 aromatic heterocycles. The predicted molar refractivity (Wildman–Crippen MR) is 111 cm³/mol. The van der Waals surface area contributed by atoms with Gasteiger partial charge in [-0.05, 0) is 31.0 Å². The molecule has 4 aromatic rings. The molecular formula is C21H20N4OS. The topological polar surface area (TPSA) is 59.8 Å². The summed E-state index contributed by atoms with van der Waals surface area (Å²) in [6.45, 7) is 0. The molecule has 27 heavy (non-hydrogen) atoms. The fourth-order valence-electron chi connectivity index (χ4n) is 3.97. The summed E-state index contributed by atoms with van der Waals surface area (Å²) < 4.78 is 2.55. The number of rotatable bonds is 3. The van der Waals surface area contributed by atoms with Crippen LogP contribution in [0.25, 0.3) is 20.4 Å². The number of anilines is 2. The third-order valence-corrected chi connectivity index (χ3v) is 6.40. The van der Waals surface area contributed by atoms with Crippen LogP contribution in [-0.2, 0) is 0 Å². The van der Waals surface area contributed by atoms with Gasteiger partial charge in [0.05, 0.1) is 22.9 Å². The Morgan fingerprint density at radius 1 is 1.04 bits per heavy atom. The van der Waals surface area contributed by atoms with E-state index in [2.05, 4.69) is 10.3 Å². The Hall–Kier alpha value is -2.73. The summed E-state index contributed by atoms with van der Waals surface area (Å²) in [5.74, 6) is 0. The van der Waals surface area contributed by atoms with Crippen molar-refractivity contribution in [3.63, 3.8) is 0 Å². The maximum atomic E-state index is 13.2. The van der Waals surface area contributed by atoms with Crippen molar-refractivity contribution < 1.29 is 0 Å². The molecule has 0 atom stereocenters. The van der Waals surface area contributed by atoms with Gasteiger partial charge >= 0.3 is 0 Å². The number of aromatic nitrogens is 3. The van der Waals surface area contributed by atoms with Crippen LogP contribution in [0, 0.1) is 0 Å². The van der Waals surface area contributed by atoms with Crippen LogP contribution in [0.4, 0.5) is 11.4 Å². The van der Waals surface area contributed by atoms with Gasteiger partial charge in [0.1, 0.15) is 9.53 Å². The molecule has 5 nitrogen and oxygen atoms in total. The van der Waals surface area contributed by atoms with Crippen molar-refractivity contribution >= 4 is 43.1 Å². The molecule has 0 bridgehead atoms. The van der Waals surface area contributed by atoms with Crippen molar-refractivity contribution in [3.05, 3.63) is 59.3 Å². The van der Waals surface area contributed by atoms with E-state index >= 15 is 0 Å². The molecule has 0 unspecified atom stereocenters. The first kappa shape index (κ1) is 16.4. The molecule has 1 aliphatic rings. The molecule has 1 saturated carbocycles. The lowest BCUT2D eigenvalue weighted by Gasteiger charge is -2.23. The van der Waals surface area contributed by atoms with Gasteiger partial charge in [-0.3, -0.25) is 9.36 Å². The number of nitrogens with one attached hydrogen (secondary N) is 1. The first-order valence-corrected chi connectivity index (χ1v) is 10.2. The van der Waals surface area contributed by atoms with Crippen LogP contribution in [0.5, 0.6) is 0 Å². The normalized spacial score (nSPS) is 15.4. The second kappa shape index (κ2) is 6.78. The van der Waals surface area contributed by atoms with E-state index in [9.17, 15) is 4.79 Å². The van der Waals surface area contributed by atoms with E-state index in [1.807, 2.05) is 41.0 Å². The summed E-state index contributed by atoms with van der Waals surface area (Å²) in [7, 11) is 0. The van der Waals surface area contributed by atoms with Crippen LogP contribution >= 0.6 is 11.3 Å². The van der Waals surface area contributed by atoms with Crippen molar-refractivity contribution in [2.75, 3.05) is 5.32 Å². The largest absolute Gasteiger partial charge is 0.355 e. The summed E-state index contributed by atoms with van der Waals surface area (Å²) in [6.07, 6.45) is 9.30. The minimum atomic E-state index is 0.0700. The third kappa shape index (κ3) is 2.90. The fraction of sp³-hybridized carbons (Fsp3) is 0.286. The quantitative estimate of drug-likeness (QED) is 0.530. The first-order valence-electron chi connectivity index (χ1n) is 9.42. The molecule has 0 aliphatic heterocycles. The van der Waals surface area contributed by atoms with E-state index in [0.717, 1.165) is 39.9 Å². The maximum Gasteiger partial charge on any atom is 0.271 e. The zero-order valence-corrected chi connectivity index (χ0v) is 15.7. The highest BCUT2D eigenvalue weighted by molar-refractivity contribution is 7.25. The second-order valence-electron chi connectivity index (χ2n) is 7.06. The molecule has 136 valence electrons. The SMILES string of the molecule is O=c1c2sc3nccc(Nc4ccccc4)c3c2ncn1C1CCCCC1. The van der Waals surface area contributed by atoms with Gasteiger partial charge in [-0.25, -0.2) is 9.97 Å². The Bertz CT molecular complexity index is 1160. The van der Waals surface area contributed by atoms with Gasteiger partial charge in [0.15, 0.2) is 0 Å². The van der Waals surface area contributed by atoms with E-state index in [-0.39, 0.29) is 11.6 Å². The average molecular weight is 376 g/mol. The van der Waals surface area contributed by atoms with Crippen molar-refractivity contribution in [1.82, 2.24) is 14.5 Å². The van der Waals surface area contributed by atoms with Gasteiger partial charge in [0.25, 0.3) is 5.56 Å². The molecular weight excluding hydrogens is 356 g/mol. The van der Waals surface area contributed by atoms with Gasteiger partial charge in [-0.15, -0.1) is 11.3 Å². The summed E-state index contributed by atoms with van der Waals surface area (Å²) in [6, 6.07) is 12.2. The summed E-state index contributed by atoms with van der Waals surface area (Å²) in [4.78, 5) is 23.2. The average Bonchev–Trinajstić information content (AvgIpc) is 3.10. The number of pyridine rings is 1. The molecule has 6 heteroatoms. The standard InChI is InChI=1S/C21H20N4OS/c26-21-19-18(23-13-25(21)15-9-5-2-6-10-15)17-16(11-12-22-20(17)27-19)24-14-7-3-1-4-8-14/h1,3-4,7-8,11-13,15H,2,5-6,9-10H2,(H,22,24). The van der Waals surface area contributed by atoms with E-state index in [0.29, 0.717) is 4.70 Å². The van der Waals surface area contributed by atoms with Crippen LogP contribution in [0.3, 0.4) is 0 Å². The highest BCUT2D eigenvalue weighted by Crippen LogP contribution is 2.36. The molecule has 1 N–H and O–H groups in total. The van der Waals surface area contributed by atoms with Crippen molar-refractivity contribution in [1.29, 1.82) is 0 Å². The lowest BCUT2D eigenvalue weighted by Crippen LogP contribution is -2.26. The van der Waals surface area contributed by atoms with Gasteiger partial charge in [0.2, 0.25) is 0 Å². The minimum absolute atomic E-state index is 0.0700. The van der Waals surface area contributed by atoms with Gasteiger partial charge in [-0.2, -0.15) is 0 Å². The summed E-state index contributed by atoms with van der Waals surface area (Å²) >= 11 is 1.44. The monoisotopic (exact) mass is 376 g/mol. The van der Waals surface area contributed by atoms with Crippen LogP contribution in [0.15, 0.2) is 53.7 Å². The number of nitrogens with zero attached hydrogens (tertiary/aromatic N) is 3. The zero-order valence-electron chi connectivity index (χ0n) is 14.9. The van der Waals surface area contributed by atoms with Crippen LogP contribution in [0.2, 0.25) is 0 Å².